The van der Waals surface area contributed by atoms with Crippen LogP contribution in [0, 0.1) is 10.1 Å². The lowest BCUT2D eigenvalue weighted by Gasteiger charge is -2.09. The molecule has 0 spiro atoms. The van der Waals surface area contributed by atoms with Crippen molar-refractivity contribution < 1.29 is 19.2 Å². The molecular weight excluding hydrogens is 350 g/mol. The van der Waals surface area contributed by atoms with E-state index in [4.69, 9.17) is 21.1 Å². The third-order valence-electron chi connectivity index (χ3n) is 3.18. The van der Waals surface area contributed by atoms with Crippen molar-refractivity contribution in [1.29, 1.82) is 0 Å². The van der Waals surface area contributed by atoms with Crippen LogP contribution in [0.1, 0.15) is 15.9 Å². The maximum atomic E-state index is 11.9. The highest BCUT2D eigenvalue weighted by Gasteiger charge is 2.11. The minimum Gasteiger partial charge on any atom is -0.493 e. The van der Waals surface area contributed by atoms with Crippen molar-refractivity contribution in [1.82, 2.24) is 5.43 Å². The Morgan fingerprint density at radius 2 is 1.92 bits per heavy atom. The van der Waals surface area contributed by atoms with Crippen LogP contribution in [0.4, 0.5) is 5.69 Å². The van der Waals surface area contributed by atoms with Crippen LogP contribution in [0.25, 0.3) is 0 Å². The number of amides is 1. The van der Waals surface area contributed by atoms with E-state index in [0.29, 0.717) is 22.1 Å². The van der Waals surface area contributed by atoms with Crippen LogP contribution < -0.4 is 14.9 Å². The summed E-state index contributed by atoms with van der Waals surface area (Å²) in [5.41, 5.74) is 3.06. The van der Waals surface area contributed by atoms with E-state index in [1.165, 1.54) is 44.7 Å². The molecule has 1 amide bonds. The minimum atomic E-state index is -0.541. The number of benzene rings is 2. The molecule has 0 bridgehead atoms. The minimum absolute atomic E-state index is 0.0972. The zero-order valence-electron chi connectivity index (χ0n) is 13.4. The average molecular weight is 364 g/mol. The predicted octanol–water partition coefficient (Wildman–Crippen LogP) is 3.03. The highest BCUT2D eigenvalue weighted by atomic mass is 35.5. The summed E-state index contributed by atoms with van der Waals surface area (Å²) in [7, 11) is 2.95. The fourth-order valence-corrected chi connectivity index (χ4v) is 2.27. The molecule has 2 aromatic rings. The normalized spacial score (nSPS) is 10.5. The molecule has 0 fully saturated rings. The molecule has 0 radical (unpaired) electrons. The van der Waals surface area contributed by atoms with Crippen LogP contribution in [0.2, 0.25) is 5.02 Å². The number of nitrogens with zero attached hydrogens (tertiary/aromatic N) is 2. The summed E-state index contributed by atoms with van der Waals surface area (Å²) in [5, 5.41) is 14.8. The molecule has 0 aliphatic carbocycles. The number of non-ortho nitro benzene ring substituents is 1. The van der Waals surface area contributed by atoms with E-state index in [1.807, 2.05) is 0 Å². The van der Waals surface area contributed by atoms with Crippen molar-refractivity contribution in [2.75, 3.05) is 14.2 Å². The Labute approximate surface area is 148 Å². The fraction of sp³-hybridized carbons (Fsp3) is 0.125. The molecule has 1 N–H and O–H groups in total. The summed E-state index contributed by atoms with van der Waals surface area (Å²) in [6.07, 6.45) is 1.39. The van der Waals surface area contributed by atoms with Crippen molar-refractivity contribution >= 4 is 29.4 Å². The number of ether oxygens (including phenoxy) is 2. The van der Waals surface area contributed by atoms with Gasteiger partial charge in [-0.3, -0.25) is 14.9 Å². The molecule has 0 heterocycles. The van der Waals surface area contributed by atoms with Crippen LogP contribution in [0.5, 0.6) is 11.5 Å². The van der Waals surface area contributed by atoms with Gasteiger partial charge in [0.05, 0.1) is 30.4 Å². The topological polar surface area (TPSA) is 103 Å². The lowest BCUT2D eigenvalue weighted by atomic mass is 10.2. The summed E-state index contributed by atoms with van der Waals surface area (Å²) < 4.78 is 10.3. The van der Waals surface area contributed by atoms with Crippen LogP contribution in [-0.2, 0) is 0 Å². The number of hydrazone groups is 1. The Morgan fingerprint density at radius 3 is 2.48 bits per heavy atom. The summed E-state index contributed by atoms with van der Waals surface area (Å²) >= 11 is 6.08. The quantitative estimate of drug-likeness (QED) is 0.482. The standard InChI is InChI=1S/C16H14ClN3O5/c1-24-14-8-10(7-13(17)15(14)25-2)9-18-19-16(21)11-3-5-12(6-4-11)20(22)23/h3-9H,1-2H3,(H,19,21)/b18-9-. The molecule has 8 nitrogen and oxygen atoms in total. The molecule has 0 unspecified atom stereocenters. The average Bonchev–Trinajstić information content (AvgIpc) is 2.61. The maximum absolute atomic E-state index is 11.9. The maximum Gasteiger partial charge on any atom is 0.271 e. The Morgan fingerprint density at radius 1 is 1.24 bits per heavy atom. The summed E-state index contributed by atoms with van der Waals surface area (Å²) in [4.78, 5) is 22.0. The fourth-order valence-electron chi connectivity index (χ4n) is 1.98. The number of carbonyl (C=O) groups excluding carboxylic acids is 1. The second-order valence-corrected chi connectivity index (χ2v) is 5.15. The molecule has 0 aromatic heterocycles. The third kappa shape index (κ3) is 4.45. The SMILES string of the molecule is COc1cc(/C=N\NC(=O)c2ccc([N+](=O)[O-])cc2)cc(Cl)c1OC. The highest BCUT2D eigenvalue weighted by Crippen LogP contribution is 2.35. The Kier molecular flexibility index (Phi) is 5.91. The number of nitrogens with one attached hydrogen (secondary N) is 1. The van der Waals surface area contributed by atoms with E-state index in [0.717, 1.165) is 0 Å². The van der Waals surface area contributed by atoms with Crippen LogP contribution in [0.3, 0.4) is 0 Å². The first-order valence-corrected chi connectivity index (χ1v) is 7.33. The number of rotatable bonds is 6. The van der Waals surface area contributed by atoms with E-state index in [-0.39, 0.29) is 11.3 Å². The molecule has 2 aromatic carbocycles. The van der Waals surface area contributed by atoms with Crippen molar-refractivity contribution in [3.63, 3.8) is 0 Å². The first-order valence-electron chi connectivity index (χ1n) is 6.95. The second kappa shape index (κ2) is 8.11. The zero-order chi connectivity index (χ0) is 18.4. The van der Waals surface area contributed by atoms with Gasteiger partial charge in [0.1, 0.15) is 0 Å². The highest BCUT2D eigenvalue weighted by molar-refractivity contribution is 6.32. The third-order valence-corrected chi connectivity index (χ3v) is 3.46. The van der Waals surface area contributed by atoms with Crippen molar-refractivity contribution in [2.45, 2.75) is 0 Å². The molecule has 0 aliphatic rings. The molecule has 0 atom stereocenters. The molecule has 2 rings (SSSR count). The van der Waals surface area contributed by atoms with E-state index in [2.05, 4.69) is 10.5 Å². The summed E-state index contributed by atoms with van der Waals surface area (Å²) in [5.74, 6) is 0.326. The number of methoxy groups -OCH3 is 2. The van der Waals surface area contributed by atoms with E-state index >= 15 is 0 Å². The number of hydrogen-bond donors (Lipinski definition) is 1. The number of carbonyl (C=O) groups is 1. The first kappa shape index (κ1) is 18.2. The number of hydrogen-bond acceptors (Lipinski definition) is 6. The van der Waals surface area contributed by atoms with Gasteiger partial charge < -0.3 is 9.47 Å². The largest absolute Gasteiger partial charge is 0.493 e. The zero-order valence-corrected chi connectivity index (χ0v) is 14.1. The molecule has 25 heavy (non-hydrogen) atoms. The van der Waals surface area contributed by atoms with E-state index in [1.54, 1.807) is 12.1 Å². The van der Waals surface area contributed by atoms with Gasteiger partial charge in [-0.25, -0.2) is 5.43 Å². The van der Waals surface area contributed by atoms with Gasteiger partial charge in [0, 0.05) is 17.7 Å². The summed E-state index contributed by atoms with van der Waals surface area (Å²) in [6, 6.07) is 8.42. The number of nitro groups is 1. The van der Waals surface area contributed by atoms with E-state index in [9.17, 15) is 14.9 Å². The smallest absolute Gasteiger partial charge is 0.271 e. The Hall–Kier alpha value is -3.13. The Bertz CT molecular complexity index is 821. The molecule has 130 valence electrons. The van der Waals surface area contributed by atoms with Crippen LogP contribution in [0.15, 0.2) is 41.5 Å². The lowest BCUT2D eigenvalue weighted by Crippen LogP contribution is -2.17. The van der Waals surface area contributed by atoms with Gasteiger partial charge in [-0.05, 0) is 29.8 Å². The van der Waals surface area contributed by atoms with Crippen LogP contribution >= 0.6 is 11.6 Å². The van der Waals surface area contributed by atoms with Crippen LogP contribution in [-0.4, -0.2) is 31.3 Å². The van der Waals surface area contributed by atoms with E-state index < -0.39 is 10.8 Å². The van der Waals surface area contributed by atoms with Gasteiger partial charge in [0.15, 0.2) is 11.5 Å². The Balaban J connectivity index is 2.08. The van der Waals surface area contributed by atoms with Gasteiger partial charge in [-0.1, -0.05) is 11.6 Å². The molecule has 0 saturated carbocycles. The van der Waals surface area contributed by atoms with Gasteiger partial charge in [-0.15, -0.1) is 0 Å². The molecule has 9 heteroatoms. The van der Waals surface area contributed by atoms with Gasteiger partial charge >= 0.3 is 0 Å². The van der Waals surface area contributed by atoms with Crippen molar-refractivity contribution in [3.05, 3.63) is 62.7 Å². The lowest BCUT2D eigenvalue weighted by molar-refractivity contribution is -0.384. The first-order chi connectivity index (χ1) is 12.0. The molecular formula is C16H14ClN3O5. The number of halogens is 1. The van der Waals surface area contributed by atoms with Gasteiger partial charge in [-0.2, -0.15) is 5.10 Å². The second-order valence-electron chi connectivity index (χ2n) is 4.74. The van der Waals surface area contributed by atoms with Gasteiger partial charge in [0.2, 0.25) is 0 Å². The monoisotopic (exact) mass is 363 g/mol. The summed E-state index contributed by atoms with van der Waals surface area (Å²) in [6.45, 7) is 0. The molecule has 0 aliphatic heterocycles. The van der Waals surface area contributed by atoms with Crippen molar-refractivity contribution in [3.8, 4) is 11.5 Å². The number of nitro benzene ring substituents is 1. The van der Waals surface area contributed by atoms with Crippen molar-refractivity contribution in [2.24, 2.45) is 5.10 Å². The predicted molar refractivity (Wildman–Crippen MR) is 92.7 cm³/mol. The molecule has 0 saturated heterocycles. The van der Waals surface area contributed by atoms with Gasteiger partial charge in [0.25, 0.3) is 11.6 Å².